The van der Waals surface area contributed by atoms with Crippen LogP contribution < -0.4 is 5.73 Å². The molecule has 2 unspecified atom stereocenters. The van der Waals surface area contributed by atoms with Crippen LogP contribution in [0, 0.1) is 6.92 Å². The van der Waals surface area contributed by atoms with Crippen molar-refractivity contribution in [2.24, 2.45) is 5.73 Å². The Bertz CT molecular complexity index is 357. The van der Waals surface area contributed by atoms with E-state index in [0.717, 1.165) is 6.54 Å². The molecule has 0 saturated carbocycles. The van der Waals surface area contributed by atoms with Crippen molar-refractivity contribution in [1.29, 1.82) is 0 Å². The van der Waals surface area contributed by atoms with Crippen LogP contribution in [0.1, 0.15) is 23.4 Å². The number of nitrogens with two attached hydrogens (primary N) is 1. The van der Waals surface area contributed by atoms with Gasteiger partial charge in [-0.3, -0.25) is 4.90 Å². The fourth-order valence-electron chi connectivity index (χ4n) is 2.34. The Hall–Kier alpha value is -0.460. The lowest BCUT2D eigenvalue weighted by Gasteiger charge is -2.35. The lowest BCUT2D eigenvalue weighted by Crippen LogP contribution is -2.43. The molecule has 1 rings (SSSR count). The standard InChI is InChI=1S/C14H26N2O2S/c1-11-5-8-19-14(11)13(9-15)16(6-7-17-3)12(2)10-18-4/h5,8,12-13H,6-7,9-10,15H2,1-4H3. The highest BCUT2D eigenvalue weighted by atomic mass is 32.1. The van der Waals surface area contributed by atoms with Crippen molar-refractivity contribution in [2.75, 3.05) is 40.5 Å². The molecule has 0 aliphatic heterocycles. The van der Waals surface area contributed by atoms with Crippen molar-refractivity contribution in [3.05, 3.63) is 21.9 Å². The Labute approximate surface area is 120 Å². The zero-order valence-corrected chi connectivity index (χ0v) is 13.2. The van der Waals surface area contributed by atoms with Gasteiger partial charge in [0.1, 0.15) is 0 Å². The molecule has 0 saturated heterocycles. The Kier molecular flexibility index (Phi) is 7.56. The van der Waals surface area contributed by atoms with Gasteiger partial charge in [0.15, 0.2) is 0 Å². The van der Waals surface area contributed by atoms with E-state index in [9.17, 15) is 0 Å². The summed E-state index contributed by atoms with van der Waals surface area (Å²) in [6, 6.07) is 2.70. The fraction of sp³-hybridized carbons (Fsp3) is 0.714. The first-order chi connectivity index (χ1) is 9.15. The van der Waals surface area contributed by atoms with E-state index >= 15 is 0 Å². The summed E-state index contributed by atoms with van der Waals surface area (Å²) in [5.74, 6) is 0. The summed E-state index contributed by atoms with van der Waals surface area (Å²) in [5.41, 5.74) is 7.34. The molecule has 1 heterocycles. The topological polar surface area (TPSA) is 47.7 Å². The maximum atomic E-state index is 6.02. The van der Waals surface area contributed by atoms with Crippen LogP contribution in [0.4, 0.5) is 0 Å². The van der Waals surface area contributed by atoms with Crippen LogP contribution in [-0.2, 0) is 9.47 Å². The van der Waals surface area contributed by atoms with E-state index in [-0.39, 0.29) is 6.04 Å². The first-order valence-corrected chi connectivity index (χ1v) is 7.51. The molecule has 0 aromatic carbocycles. The number of ether oxygens (including phenoxy) is 2. The quantitative estimate of drug-likeness (QED) is 0.754. The predicted octanol–water partition coefficient (Wildman–Crippen LogP) is 2.04. The van der Waals surface area contributed by atoms with Gasteiger partial charge in [-0.05, 0) is 30.9 Å². The van der Waals surface area contributed by atoms with Crippen LogP contribution in [0.2, 0.25) is 0 Å². The van der Waals surface area contributed by atoms with Crippen LogP contribution in [0.25, 0.3) is 0 Å². The number of methoxy groups -OCH3 is 2. The van der Waals surface area contributed by atoms with Crippen molar-refractivity contribution < 1.29 is 9.47 Å². The summed E-state index contributed by atoms with van der Waals surface area (Å²) in [7, 11) is 3.46. The molecule has 0 bridgehead atoms. The summed E-state index contributed by atoms with van der Waals surface area (Å²) in [6.45, 7) is 7.19. The molecule has 0 radical (unpaired) electrons. The lowest BCUT2D eigenvalue weighted by atomic mass is 10.1. The van der Waals surface area contributed by atoms with Gasteiger partial charge in [-0.25, -0.2) is 0 Å². The van der Waals surface area contributed by atoms with Crippen molar-refractivity contribution in [1.82, 2.24) is 4.90 Å². The first kappa shape index (κ1) is 16.6. The second-order valence-electron chi connectivity index (χ2n) is 4.75. The summed E-state index contributed by atoms with van der Waals surface area (Å²) >= 11 is 1.78. The third kappa shape index (κ3) is 4.54. The number of aryl methyl sites for hydroxylation is 1. The maximum Gasteiger partial charge on any atom is 0.0615 e. The fourth-order valence-corrected chi connectivity index (χ4v) is 3.40. The highest BCUT2D eigenvalue weighted by Gasteiger charge is 2.25. The van der Waals surface area contributed by atoms with E-state index < -0.39 is 0 Å². The predicted molar refractivity (Wildman–Crippen MR) is 80.8 cm³/mol. The van der Waals surface area contributed by atoms with Gasteiger partial charge in [0.2, 0.25) is 0 Å². The average molecular weight is 286 g/mol. The number of thiophene rings is 1. The largest absolute Gasteiger partial charge is 0.383 e. The Balaban J connectivity index is 2.89. The zero-order valence-electron chi connectivity index (χ0n) is 12.4. The number of nitrogens with zero attached hydrogens (tertiary/aromatic N) is 1. The van der Waals surface area contributed by atoms with Crippen molar-refractivity contribution in [2.45, 2.75) is 25.9 Å². The smallest absolute Gasteiger partial charge is 0.0615 e. The van der Waals surface area contributed by atoms with Crippen LogP contribution >= 0.6 is 11.3 Å². The minimum atomic E-state index is 0.236. The summed E-state index contributed by atoms with van der Waals surface area (Å²) in [4.78, 5) is 3.73. The van der Waals surface area contributed by atoms with Crippen LogP contribution in [0.3, 0.4) is 0 Å². The van der Waals surface area contributed by atoms with E-state index in [1.54, 1.807) is 25.6 Å². The molecule has 2 N–H and O–H groups in total. The number of hydrogen-bond acceptors (Lipinski definition) is 5. The average Bonchev–Trinajstić information content (AvgIpc) is 2.81. The Morgan fingerprint density at radius 2 is 2.11 bits per heavy atom. The van der Waals surface area contributed by atoms with Gasteiger partial charge in [0.05, 0.1) is 19.3 Å². The highest BCUT2D eigenvalue weighted by molar-refractivity contribution is 7.10. The molecule has 0 aliphatic rings. The molecule has 0 aliphatic carbocycles. The third-order valence-corrected chi connectivity index (χ3v) is 4.48. The van der Waals surface area contributed by atoms with Gasteiger partial charge in [-0.1, -0.05) is 0 Å². The lowest BCUT2D eigenvalue weighted by molar-refractivity contribution is 0.0495. The molecule has 1 aromatic heterocycles. The van der Waals surface area contributed by atoms with Crippen LogP contribution in [0.15, 0.2) is 11.4 Å². The molecular formula is C14H26N2O2S. The number of rotatable bonds is 9. The monoisotopic (exact) mass is 286 g/mol. The minimum Gasteiger partial charge on any atom is -0.383 e. The van der Waals surface area contributed by atoms with Gasteiger partial charge < -0.3 is 15.2 Å². The molecule has 5 heteroatoms. The Morgan fingerprint density at radius 1 is 1.37 bits per heavy atom. The van der Waals surface area contributed by atoms with Gasteiger partial charge in [-0.2, -0.15) is 0 Å². The molecule has 4 nitrogen and oxygen atoms in total. The van der Waals surface area contributed by atoms with Gasteiger partial charge in [0.25, 0.3) is 0 Å². The van der Waals surface area contributed by atoms with E-state index in [1.165, 1.54) is 10.4 Å². The first-order valence-electron chi connectivity index (χ1n) is 6.63. The summed E-state index contributed by atoms with van der Waals surface area (Å²) in [6.07, 6.45) is 0. The minimum absolute atomic E-state index is 0.236. The molecule has 110 valence electrons. The molecule has 1 aromatic rings. The van der Waals surface area contributed by atoms with Gasteiger partial charge in [0, 0.05) is 38.2 Å². The van der Waals surface area contributed by atoms with E-state index in [1.807, 2.05) is 0 Å². The molecule has 19 heavy (non-hydrogen) atoms. The van der Waals surface area contributed by atoms with E-state index in [2.05, 4.69) is 30.2 Å². The molecule has 0 spiro atoms. The van der Waals surface area contributed by atoms with Crippen molar-refractivity contribution in [3.63, 3.8) is 0 Å². The third-order valence-electron chi connectivity index (χ3n) is 3.36. The SMILES string of the molecule is COCCN(C(C)COC)C(CN)c1sccc1C. The zero-order chi connectivity index (χ0) is 14.3. The summed E-state index contributed by atoms with van der Waals surface area (Å²) in [5, 5.41) is 2.13. The second kappa shape index (κ2) is 8.66. The molecule has 2 atom stereocenters. The maximum absolute atomic E-state index is 6.02. The normalized spacial score (nSPS) is 14.8. The van der Waals surface area contributed by atoms with Gasteiger partial charge in [-0.15, -0.1) is 11.3 Å². The van der Waals surface area contributed by atoms with Crippen molar-refractivity contribution >= 4 is 11.3 Å². The number of hydrogen-bond donors (Lipinski definition) is 1. The highest BCUT2D eigenvalue weighted by Crippen LogP contribution is 2.29. The van der Waals surface area contributed by atoms with E-state index in [4.69, 9.17) is 15.2 Å². The summed E-state index contributed by atoms with van der Waals surface area (Å²) < 4.78 is 10.5. The Morgan fingerprint density at radius 3 is 2.58 bits per heavy atom. The molecule has 0 fully saturated rings. The van der Waals surface area contributed by atoms with E-state index in [0.29, 0.717) is 25.8 Å². The molecular weight excluding hydrogens is 260 g/mol. The van der Waals surface area contributed by atoms with Crippen LogP contribution in [-0.4, -0.2) is 51.5 Å². The second-order valence-corrected chi connectivity index (χ2v) is 5.70. The van der Waals surface area contributed by atoms with Gasteiger partial charge >= 0.3 is 0 Å². The van der Waals surface area contributed by atoms with Crippen LogP contribution in [0.5, 0.6) is 0 Å². The molecule has 0 amide bonds. The van der Waals surface area contributed by atoms with Crippen molar-refractivity contribution in [3.8, 4) is 0 Å².